The zero-order chi connectivity index (χ0) is 18.4. The maximum Gasteiger partial charge on any atom is 0.344 e. The van der Waals surface area contributed by atoms with Gasteiger partial charge in [-0.15, -0.1) is 0 Å². The molecule has 2 aromatic rings. The van der Waals surface area contributed by atoms with Crippen LogP contribution in [0, 0.1) is 6.92 Å². The maximum atomic E-state index is 12.3. The van der Waals surface area contributed by atoms with Crippen LogP contribution in [-0.2, 0) is 9.47 Å². The summed E-state index contributed by atoms with van der Waals surface area (Å²) in [7, 11) is 0. The average Bonchev–Trinajstić information content (AvgIpc) is 2.92. The largest absolute Gasteiger partial charge is 0.462 e. The summed E-state index contributed by atoms with van der Waals surface area (Å²) in [6.45, 7) is 5.00. The van der Waals surface area contributed by atoms with E-state index in [2.05, 4.69) is 10.3 Å². The summed E-state index contributed by atoms with van der Waals surface area (Å²) in [6, 6.07) is 3.00. The number of hydrogen-bond acceptors (Lipinski definition) is 7. The van der Waals surface area contributed by atoms with Gasteiger partial charge in [0.2, 0.25) is 5.88 Å². The van der Waals surface area contributed by atoms with Crippen LogP contribution in [0.15, 0.2) is 28.9 Å². The van der Waals surface area contributed by atoms with Crippen molar-refractivity contribution in [3.63, 3.8) is 0 Å². The Morgan fingerprint density at radius 2 is 1.60 bits per heavy atom. The second-order valence-electron chi connectivity index (χ2n) is 4.87. The molecule has 0 unspecified atom stereocenters. The van der Waals surface area contributed by atoms with Crippen molar-refractivity contribution < 1.29 is 28.3 Å². The van der Waals surface area contributed by atoms with Crippen LogP contribution in [-0.4, -0.2) is 36.0 Å². The normalized spacial score (nSPS) is 10.2. The molecule has 0 fully saturated rings. The number of aromatic nitrogens is 1. The minimum Gasteiger partial charge on any atom is -0.462 e. The number of ether oxygens (including phenoxy) is 2. The molecule has 0 saturated carbocycles. The van der Waals surface area contributed by atoms with Crippen molar-refractivity contribution >= 4 is 23.7 Å². The fourth-order valence-electron chi connectivity index (χ4n) is 2.16. The third kappa shape index (κ3) is 4.03. The number of pyridine rings is 1. The van der Waals surface area contributed by atoms with Crippen molar-refractivity contribution in [2.24, 2.45) is 0 Å². The summed E-state index contributed by atoms with van der Waals surface area (Å²) in [6.07, 6.45) is 2.91. The molecule has 2 aromatic heterocycles. The van der Waals surface area contributed by atoms with Crippen LogP contribution in [0.4, 0.5) is 5.88 Å². The molecule has 132 valence electrons. The first-order valence-corrected chi connectivity index (χ1v) is 7.68. The molecule has 0 aliphatic heterocycles. The highest BCUT2D eigenvalue weighted by atomic mass is 16.5. The highest BCUT2D eigenvalue weighted by Crippen LogP contribution is 2.29. The first-order valence-electron chi connectivity index (χ1n) is 7.68. The Morgan fingerprint density at radius 3 is 2.16 bits per heavy atom. The molecule has 0 saturated heterocycles. The molecule has 0 radical (unpaired) electrons. The quantitative estimate of drug-likeness (QED) is 0.801. The number of furan rings is 1. The summed E-state index contributed by atoms with van der Waals surface area (Å²) in [4.78, 5) is 40.6. The van der Waals surface area contributed by atoms with Crippen molar-refractivity contribution in [2.75, 3.05) is 18.5 Å². The van der Waals surface area contributed by atoms with E-state index < -0.39 is 17.8 Å². The molecule has 0 spiro atoms. The number of nitrogens with zero attached hydrogens (tertiary/aromatic N) is 1. The van der Waals surface area contributed by atoms with Gasteiger partial charge < -0.3 is 13.9 Å². The van der Waals surface area contributed by atoms with E-state index in [0.29, 0.717) is 5.56 Å². The highest BCUT2D eigenvalue weighted by molar-refractivity contribution is 6.11. The summed E-state index contributed by atoms with van der Waals surface area (Å²) >= 11 is 0. The average molecular weight is 346 g/mol. The fraction of sp³-hybridized carbons (Fsp3) is 0.294. The molecule has 0 aromatic carbocycles. The summed E-state index contributed by atoms with van der Waals surface area (Å²) in [5.74, 6) is -2.05. The van der Waals surface area contributed by atoms with E-state index >= 15 is 0 Å². The second kappa shape index (κ2) is 8.09. The minimum atomic E-state index is -0.785. The second-order valence-corrected chi connectivity index (χ2v) is 4.87. The predicted molar refractivity (Wildman–Crippen MR) is 87.5 cm³/mol. The van der Waals surface area contributed by atoms with E-state index in [1.807, 2.05) is 0 Å². The summed E-state index contributed by atoms with van der Waals surface area (Å²) in [5, 5.41) is 2.48. The van der Waals surface area contributed by atoms with Gasteiger partial charge in [-0.3, -0.25) is 15.1 Å². The number of carbonyl (C=O) groups excluding carboxylic acids is 3. The number of amides is 1. The van der Waals surface area contributed by atoms with Gasteiger partial charge in [-0.05, 0) is 32.9 Å². The third-order valence-corrected chi connectivity index (χ3v) is 3.21. The lowest BCUT2D eigenvalue weighted by molar-refractivity contribution is 0.0480. The number of anilines is 1. The predicted octanol–water partition coefficient (Wildman–Crippen LogP) is 2.59. The van der Waals surface area contributed by atoms with Crippen molar-refractivity contribution in [1.82, 2.24) is 4.98 Å². The van der Waals surface area contributed by atoms with Crippen molar-refractivity contribution in [3.05, 3.63) is 47.0 Å². The standard InChI is InChI=1S/C17H18N2O6/c1-4-23-16(21)12-10(3)25-15(13(12)17(22)24-5-2)19-14(20)11-6-8-18-9-7-11/h6-9H,4-5H2,1-3H3,(H,19,20). The molecule has 1 N–H and O–H groups in total. The first-order chi connectivity index (χ1) is 12.0. The lowest BCUT2D eigenvalue weighted by Gasteiger charge is -2.07. The Kier molecular flexibility index (Phi) is 5.89. The Labute approximate surface area is 144 Å². The van der Waals surface area contributed by atoms with Gasteiger partial charge in [0, 0.05) is 18.0 Å². The summed E-state index contributed by atoms with van der Waals surface area (Å²) < 4.78 is 15.3. The molecule has 8 nitrogen and oxygen atoms in total. The van der Waals surface area contributed by atoms with Gasteiger partial charge in [-0.1, -0.05) is 0 Å². The number of aryl methyl sites for hydroxylation is 1. The van der Waals surface area contributed by atoms with Gasteiger partial charge in [0.15, 0.2) is 0 Å². The van der Waals surface area contributed by atoms with Gasteiger partial charge in [0.25, 0.3) is 5.91 Å². The van der Waals surface area contributed by atoms with E-state index in [4.69, 9.17) is 13.9 Å². The Bertz CT molecular complexity index is 782. The molecular weight excluding hydrogens is 328 g/mol. The maximum absolute atomic E-state index is 12.3. The number of carbonyl (C=O) groups is 3. The molecule has 1 amide bonds. The van der Waals surface area contributed by atoms with Gasteiger partial charge >= 0.3 is 11.9 Å². The Balaban J connectivity index is 2.43. The lowest BCUT2D eigenvalue weighted by Crippen LogP contribution is -2.17. The van der Waals surface area contributed by atoms with Gasteiger partial charge in [-0.25, -0.2) is 9.59 Å². The van der Waals surface area contributed by atoms with Crippen LogP contribution in [0.5, 0.6) is 0 Å². The fourth-order valence-corrected chi connectivity index (χ4v) is 2.16. The molecule has 2 heterocycles. The van der Waals surface area contributed by atoms with Crippen molar-refractivity contribution in [2.45, 2.75) is 20.8 Å². The van der Waals surface area contributed by atoms with Crippen LogP contribution in [0.3, 0.4) is 0 Å². The molecule has 0 bridgehead atoms. The SMILES string of the molecule is CCOC(=O)c1c(C)oc(NC(=O)c2ccncc2)c1C(=O)OCC. The molecule has 0 aliphatic carbocycles. The van der Waals surface area contributed by atoms with Crippen molar-refractivity contribution in [1.29, 1.82) is 0 Å². The van der Waals surface area contributed by atoms with E-state index in [9.17, 15) is 14.4 Å². The Hall–Kier alpha value is -3.16. The van der Waals surface area contributed by atoms with Gasteiger partial charge in [-0.2, -0.15) is 0 Å². The zero-order valence-electron chi connectivity index (χ0n) is 14.1. The van der Waals surface area contributed by atoms with Gasteiger partial charge in [0.1, 0.15) is 16.9 Å². The summed E-state index contributed by atoms with van der Waals surface area (Å²) in [5.41, 5.74) is 0.0853. The molecule has 0 aliphatic rings. The number of esters is 2. The zero-order valence-corrected chi connectivity index (χ0v) is 14.1. The molecular formula is C17H18N2O6. The topological polar surface area (TPSA) is 108 Å². The number of nitrogens with one attached hydrogen (secondary N) is 1. The molecule has 25 heavy (non-hydrogen) atoms. The van der Waals surface area contributed by atoms with E-state index in [0.717, 1.165) is 0 Å². The molecule has 0 atom stereocenters. The van der Waals surface area contributed by atoms with Crippen LogP contribution >= 0.6 is 0 Å². The Morgan fingerprint density at radius 1 is 1.04 bits per heavy atom. The minimum absolute atomic E-state index is 0.0645. The van der Waals surface area contributed by atoms with Crippen LogP contribution in [0.1, 0.15) is 50.7 Å². The van der Waals surface area contributed by atoms with Gasteiger partial charge in [0.05, 0.1) is 13.2 Å². The third-order valence-electron chi connectivity index (χ3n) is 3.21. The number of hydrogen-bond donors (Lipinski definition) is 1. The van der Waals surface area contributed by atoms with Crippen LogP contribution in [0.2, 0.25) is 0 Å². The smallest absolute Gasteiger partial charge is 0.344 e. The lowest BCUT2D eigenvalue weighted by atomic mass is 10.1. The molecule has 2 rings (SSSR count). The molecule has 8 heteroatoms. The first kappa shape index (κ1) is 18.2. The monoisotopic (exact) mass is 346 g/mol. The van der Waals surface area contributed by atoms with E-state index in [-0.39, 0.29) is 36.0 Å². The van der Waals surface area contributed by atoms with E-state index in [1.54, 1.807) is 13.8 Å². The van der Waals surface area contributed by atoms with Crippen LogP contribution in [0.25, 0.3) is 0 Å². The number of rotatable bonds is 6. The van der Waals surface area contributed by atoms with E-state index in [1.165, 1.54) is 31.5 Å². The van der Waals surface area contributed by atoms with Crippen LogP contribution < -0.4 is 5.32 Å². The van der Waals surface area contributed by atoms with Crippen molar-refractivity contribution in [3.8, 4) is 0 Å². The highest BCUT2D eigenvalue weighted by Gasteiger charge is 2.31.